The summed E-state index contributed by atoms with van der Waals surface area (Å²) < 4.78 is 20.7. The number of amides is 1. The van der Waals surface area contributed by atoms with Crippen LogP contribution in [0.15, 0.2) is 36.9 Å². The summed E-state index contributed by atoms with van der Waals surface area (Å²) in [6.07, 6.45) is 9.82. The third-order valence-corrected chi connectivity index (χ3v) is 5.86. The second-order valence-electron chi connectivity index (χ2n) is 8.01. The van der Waals surface area contributed by atoms with Crippen LogP contribution < -0.4 is 15.0 Å². The zero-order chi connectivity index (χ0) is 20.7. The summed E-state index contributed by atoms with van der Waals surface area (Å²) >= 11 is 0. The van der Waals surface area contributed by atoms with E-state index in [1.54, 1.807) is 16.9 Å². The minimum Gasteiger partial charge on any atom is -0.405 e. The molecule has 3 aromatic rings. The molecule has 30 heavy (non-hydrogen) atoms. The zero-order valence-corrected chi connectivity index (χ0v) is 16.7. The van der Waals surface area contributed by atoms with E-state index in [1.807, 2.05) is 13.0 Å². The van der Waals surface area contributed by atoms with Crippen molar-refractivity contribution in [2.45, 2.75) is 44.7 Å². The molecule has 1 saturated carbocycles. The molecule has 5 rings (SSSR count). The predicted octanol–water partition coefficient (Wildman–Crippen LogP) is 3.49. The van der Waals surface area contributed by atoms with Crippen molar-refractivity contribution in [3.8, 4) is 5.75 Å². The highest BCUT2D eigenvalue weighted by Gasteiger charge is 2.30. The first-order chi connectivity index (χ1) is 14.6. The van der Waals surface area contributed by atoms with Crippen LogP contribution in [0.25, 0.3) is 5.65 Å². The van der Waals surface area contributed by atoms with Crippen LogP contribution in [0.2, 0.25) is 0 Å². The van der Waals surface area contributed by atoms with Gasteiger partial charge in [-0.05, 0) is 56.2 Å². The molecule has 0 aromatic carbocycles. The Balaban J connectivity index is 1.38. The smallest absolute Gasteiger partial charge is 0.405 e. The molecule has 2 atom stereocenters. The van der Waals surface area contributed by atoms with E-state index in [-0.39, 0.29) is 17.9 Å². The summed E-state index contributed by atoms with van der Waals surface area (Å²) in [7, 11) is 0. The summed E-state index contributed by atoms with van der Waals surface area (Å²) in [5.41, 5.74) is 1.29. The number of nitrogens with one attached hydrogen (secondary N) is 1. The first kappa shape index (κ1) is 18.8. The van der Waals surface area contributed by atoms with E-state index in [1.165, 1.54) is 18.5 Å². The molecule has 1 saturated heterocycles. The quantitative estimate of drug-likeness (QED) is 0.693. The maximum atomic E-state index is 13.7. The summed E-state index contributed by atoms with van der Waals surface area (Å²) in [6, 6.07) is 3.48. The standard InChI is InChI=1S/C21H23FN6O2/c1-13(14-4-5-14)25-21(29)30-18-12-24-28-8-6-19(26-20(18)28)27-7-2-3-17(27)15-9-16(22)11-23-10-15/h6,8-14,17H,2-5,7H2,1H3,(H,25,29)/t13-,17-/m1/s1. The second kappa shape index (κ2) is 7.55. The lowest BCUT2D eigenvalue weighted by molar-refractivity contribution is 0.196. The Kier molecular flexibility index (Phi) is 4.72. The van der Waals surface area contributed by atoms with Gasteiger partial charge in [-0.3, -0.25) is 4.98 Å². The molecule has 0 radical (unpaired) electrons. The van der Waals surface area contributed by atoms with Crippen LogP contribution in [0.3, 0.4) is 0 Å². The summed E-state index contributed by atoms with van der Waals surface area (Å²) in [6.45, 7) is 2.79. The van der Waals surface area contributed by atoms with E-state index in [2.05, 4.69) is 20.3 Å². The Labute approximate surface area is 173 Å². The molecule has 1 N–H and O–H groups in total. The Hall–Kier alpha value is -3.23. The van der Waals surface area contributed by atoms with E-state index in [4.69, 9.17) is 9.72 Å². The Bertz CT molecular complexity index is 1080. The molecule has 1 amide bonds. The largest absolute Gasteiger partial charge is 0.413 e. The average molecular weight is 410 g/mol. The van der Waals surface area contributed by atoms with Crippen LogP contribution in [0.1, 0.15) is 44.2 Å². The third-order valence-electron chi connectivity index (χ3n) is 5.86. The monoisotopic (exact) mass is 410 g/mol. The zero-order valence-electron chi connectivity index (χ0n) is 16.7. The van der Waals surface area contributed by atoms with Crippen LogP contribution >= 0.6 is 0 Å². The fraction of sp³-hybridized carbons (Fsp3) is 0.429. The molecule has 2 aliphatic rings. The van der Waals surface area contributed by atoms with Crippen LogP contribution in [-0.4, -0.2) is 38.3 Å². The Morgan fingerprint density at radius 1 is 1.30 bits per heavy atom. The molecule has 4 heterocycles. The lowest BCUT2D eigenvalue weighted by Gasteiger charge is -2.26. The molecular weight excluding hydrogens is 387 g/mol. The van der Waals surface area contributed by atoms with Crippen LogP contribution in [0.5, 0.6) is 5.75 Å². The number of rotatable bonds is 5. The lowest BCUT2D eigenvalue weighted by Crippen LogP contribution is -2.36. The number of hydrogen-bond donors (Lipinski definition) is 1. The maximum Gasteiger partial charge on any atom is 0.413 e. The number of pyridine rings is 1. The highest BCUT2D eigenvalue weighted by Crippen LogP contribution is 2.36. The molecule has 9 heteroatoms. The molecule has 0 spiro atoms. The number of anilines is 1. The summed E-state index contributed by atoms with van der Waals surface area (Å²) in [5.74, 6) is 1.23. The van der Waals surface area contributed by atoms with Crippen molar-refractivity contribution in [3.05, 3.63) is 48.3 Å². The van der Waals surface area contributed by atoms with Crippen molar-refractivity contribution in [3.63, 3.8) is 0 Å². The normalized spacial score (nSPS) is 19.8. The van der Waals surface area contributed by atoms with Crippen molar-refractivity contribution in [2.75, 3.05) is 11.4 Å². The summed E-state index contributed by atoms with van der Waals surface area (Å²) in [4.78, 5) is 23.1. The first-order valence-electron chi connectivity index (χ1n) is 10.3. The van der Waals surface area contributed by atoms with Gasteiger partial charge >= 0.3 is 6.09 Å². The van der Waals surface area contributed by atoms with E-state index >= 15 is 0 Å². The molecule has 3 aromatic heterocycles. The third kappa shape index (κ3) is 3.67. The van der Waals surface area contributed by atoms with Gasteiger partial charge in [0.15, 0.2) is 5.75 Å². The number of nitrogens with zero attached hydrogens (tertiary/aromatic N) is 5. The predicted molar refractivity (Wildman–Crippen MR) is 108 cm³/mol. The van der Waals surface area contributed by atoms with Crippen molar-refractivity contribution in [2.24, 2.45) is 5.92 Å². The van der Waals surface area contributed by atoms with Gasteiger partial charge in [-0.2, -0.15) is 5.10 Å². The molecular formula is C21H23FN6O2. The molecule has 156 valence electrons. The SMILES string of the molecule is C[C@@H](NC(=O)Oc1cnn2ccc(N3CCC[C@@H]3c3cncc(F)c3)nc12)C1CC1. The van der Waals surface area contributed by atoms with Gasteiger partial charge in [0.2, 0.25) is 5.65 Å². The number of fused-ring (bicyclic) bond motifs is 1. The topological polar surface area (TPSA) is 84.6 Å². The van der Waals surface area contributed by atoms with E-state index in [0.29, 0.717) is 17.3 Å². The first-order valence-corrected chi connectivity index (χ1v) is 10.3. The Morgan fingerprint density at radius 2 is 2.17 bits per heavy atom. The van der Waals surface area contributed by atoms with E-state index in [0.717, 1.165) is 43.6 Å². The van der Waals surface area contributed by atoms with E-state index < -0.39 is 6.09 Å². The van der Waals surface area contributed by atoms with Crippen LogP contribution in [-0.2, 0) is 0 Å². The molecule has 1 aliphatic carbocycles. The van der Waals surface area contributed by atoms with Gasteiger partial charge in [0, 0.05) is 25.0 Å². The number of hydrogen-bond acceptors (Lipinski definition) is 6. The van der Waals surface area contributed by atoms with Gasteiger partial charge in [-0.25, -0.2) is 18.7 Å². The second-order valence-corrected chi connectivity index (χ2v) is 8.01. The molecule has 8 nitrogen and oxygen atoms in total. The lowest BCUT2D eigenvalue weighted by atomic mass is 10.1. The van der Waals surface area contributed by atoms with Crippen molar-refractivity contribution >= 4 is 17.6 Å². The van der Waals surface area contributed by atoms with Gasteiger partial charge in [-0.1, -0.05) is 0 Å². The van der Waals surface area contributed by atoms with E-state index in [9.17, 15) is 9.18 Å². The Morgan fingerprint density at radius 3 is 2.97 bits per heavy atom. The number of halogens is 1. The fourth-order valence-electron chi connectivity index (χ4n) is 4.10. The number of aromatic nitrogens is 4. The highest BCUT2D eigenvalue weighted by molar-refractivity contribution is 5.73. The fourth-order valence-corrected chi connectivity index (χ4v) is 4.10. The molecule has 1 aliphatic heterocycles. The molecule has 0 bridgehead atoms. The van der Waals surface area contributed by atoms with Gasteiger partial charge < -0.3 is 15.0 Å². The van der Waals surface area contributed by atoms with Crippen molar-refractivity contribution in [1.82, 2.24) is 24.9 Å². The van der Waals surface area contributed by atoms with Gasteiger partial charge in [0.05, 0.1) is 18.4 Å². The average Bonchev–Trinajstić information content (AvgIpc) is 3.35. The summed E-state index contributed by atoms with van der Waals surface area (Å²) in [5, 5.41) is 7.10. The maximum absolute atomic E-state index is 13.7. The van der Waals surface area contributed by atoms with Crippen LogP contribution in [0.4, 0.5) is 15.0 Å². The molecule has 2 fully saturated rings. The molecule has 0 unspecified atom stereocenters. The van der Waals surface area contributed by atoms with Crippen LogP contribution in [0, 0.1) is 11.7 Å². The number of ether oxygens (including phenoxy) is 1. The van der Waals surface area contributed by atoms with Gasteiger partial charge in [0.1, 0.15) is 11.6 Å². The van der Waals surface area contributed by atoms with Gasteiger partial charge in [0.25, 0.3) is 0 Å². The minimum atomic E-state index is -0.499. The minimum absolute atomic E-state index is 0.00173. The van der Waals surface area contributed by atoms with Crippen molar-refractivity contribution in [1.29, 1.82) is 0 Å². The number of carbonyl (C=O) groups excluding carboxylic acids is 1. The highest BCUT2D eigenvalue weighted by atomic mass is 19.1. The number of carbonyl (C=O) groups is 1. The van der Waals surface area contributed by atoms with Gasteiger partial charge in [-0.15, -0.1) is 0 Å². The van der Waals surface area contributed by atoms with Crippen molar-refractivity contribution < 1.29 is 13.9 Å².